The first kappa shape index (κ1) is 12.3. The third-order valence-corrected chi connectivity index (χ3v) is 3.21. The van der Waals surface area contributed by atoms with Crippen molar-refractivity contribution >= 4 is 17.5 Å². The first-order valence-electron chi connectivity index (χ1n) is 5.63. The molecule has 2 rings (SSSR count). The van der Waals surface area contributed by atoms with Gasteiger partial charge in [-0.25, -0.2) is 9.97 Å². The SMILES string of the molecule is O=C(NC1CCCCC1O)c1ncncc1Cl. The molecule has 1 amide bonds. The lowest BCUT2D eigenvalue weighted by Gasteiger charge is -2.28. The Labute approximate surface area is 104 Å². The summed E-state index contributed by atoms with van der Waals surface area (Å²) in [5, 5.41) is 12.7. The Morgan fingerprint density at radius 1 is 1.47 bits per heavy atom. The normalized spacial score (nSPS) is 24.4. The average Bonchev–Trinajstić information content (AvgIpc) is 2.32. The van der Waals surface area contributed by atoms with E-state index in [9.17, 15) is 9.90 Å². The van der Waals surface area contributed by atoms with Gasteiger partial charge in [0.25, 0.3) is 5.91 Å². The number of aromatic nitrogens is 2. The number of nitrogens with zero attached hydrogens (tertiary/aromatic N) is 2. The highest BCUT2D eigenvalue weighted by molar-refractivity contribution is 6.33. The van der Waals surface area contributed by atoms with Crippen molar-refractivity contribution in [1.29, 1.82) is 0 Å². The van der Waals surface area contributed by atoms with Crippen LogP contribution in [0.1, 0.15) is 36.2 Å². The third-order valence-electron chi connectivity index (χ3n) is 2.93. The fourth-order valence-corrected chi connectivity index (χ4v) is 2.19. The van der Waals surface area contributed by atoms with E-state index in [0.717, 1.165) is 25.7 Å². The Morgan fingerprint density at radius 2 is 2.24 bits per heavy atom. The van der Waals surface area contributed by atoms with Crippen molar-refractivity contribution in [2.75, 3.05) is 0 Å². The topological polar surface area (TPSA) is 75.1 Å². The number of rotatable bonds is 2. The molecular weight excluding hydrogens is 242 g/mol. The number of carbonyl (C=O) groups excluding carboxylic acids is 1. The maximum Gasteiger partial charge on any atom is 0.271 e. The van der Waals surface area contributed by atoms with Crippen molar-refractivity contribution in [3.05, 3.63) is 23.2 Å². The summed E-state index contributed by atoms with van der Waals surface area (Å²) in [6.45, 7) is 0. The molecule has 0 saturated heterocycles. The molecule has 1 aromatic heterocycles. The van der Waals surface area contributed by atoms with Crippen molar-refractivity contribution in [3.8, 4) is 0 Å². The van der Waals surface area contributed by atoms with E-state index >= 15 is 0 Å². The summed E-state index contributed by atoms with van der Waals surface area (Å²) in [5.74, 6) is -0.358. The highest BCUT2D eigenvalue weighted by Crippen LogP contribution is 2.19. The van der Waals surface area contributed by atoms with E-state index in [1.807, 2.05) is 0 Å². The van der Waals surface area contributed by atoms with Gasteiger partial charge in [-0.3, -0.25) is 4.79 Å². The quantitative estimate of drug-likeness (QED) is 0.832. The monoisotopic (exact) mass is 255 g/mol. The summed E-state index contributed by atoms with van der Waals surface area (Å²) in [5.41, 5.74) is 0.152. The van der Waals surface area contributed by atoms with Crippen LogP contribution in [-0.2, 0) is 0 Å². The molecule has 0 spiro atoms. The van der Waals surface area contributed by atoms with Gasteiger partial charge in [0.2, 0.25) is 0 Å². The molecule has 1 saturated carbocycles. The lowest BCUT2D eigenvalue weighted by molar-refractivity contribution is 0.0714. The molecular formula is C11H14ClN3O2. The minimum atomic E-state index is -0.478. The summed E-state index contributed by atoms with van der Waals surface area (Å²) < 4.78 is 0. The second-order valence-electron chi connectivity index (χ2n) is 4.15. The van der Waals surface area contributed by atoms with Crippen LogP contribution in [0.15, 0.2) is 12.5 Å². The van der Waals surface area contributed by atoms with Crippen LogP contribution >= 0.6 is 11.6 Å². The molecule has 2 unspecified atom stereocenters. The van der Waals surface area contributed by atoms with Crippen LogP contribution in [0.4, 0.5) is 0 Å². The summed E-state index contributed by atoms with van der Waals surface area (Å²) >= 11 is 5.82. The molecule has 1 fully saturated rings. The third kappa shape index (κ3) is 2.92. The van der Waals surface area contributed by atoms with Gasteiger partial charge >= 0.3 is 0 Å². The number of hydrogen-bond donors (Lipinski definition) is 2. The Balaban J connectivity index is 2.04. The lowest BCUT2D eigenvalue weighted by atomic mass is 9.92. The van der Waals surface area contributed by atoms with Crippen LogP contribution in [0, 0.1) is 0 Å². The molecule has 1 aliphatic rings. The molecule has 92 valence electrons. The van der Waals surface area contributed by atoms with Crippen LogP contribution in [-0.4, -0.2) is 33.1 Å². The second kappa shape index (κ2) is 5.42. The van der Waals surface area contributed by atoms with E-state index in [2.05, 4.69) is 15.3 Å². The predicted molar refractivity (Wildman–Crippen MR) is 62.8 cm³/mol. The molecule has 17 heavy (non-hydrogen) atoms. The zero-order valence-corrected chi connectivity index (χ0v) is 10.0. The smallest absolute Gasteiger partial charge is 0.271 e. The van der Waals surface area contributed by atoms with Gasteiger partial charge in [-0.15, -0.1) is 0 Å². The minimum absolute atomic E-state index is 0.152. The first-order valence-corrected chi connectivity index (χ1v) is 6.00. The van der Waals surface area contributed by atoms with E-state index in [0.29, 0.717) is 0 Å². The van der Waals surface area contributed by atoms with Crippen molar-refractivity contribution in [1.82, 2.24) is 15.3 Å². The molecule has 2 N–H and O–H groups in total. The largest absolute Gasteiger partial charge is 0.391 e. The molecule has 1 aliphatic carbocycles. The van der Waals surface area contributed by atoms with Gasteiger partial charge in [0.1, 0.15) is 12.0 Å². The molecule has 2 atom stereocenters. The van der Waals surface area contributed by atoms with Gasteiger partial charge in [-0.05, 0) is 12.8 Å². The highest BCUT2D eigenvalue weighted by Gasteiger charge is 2.25. The zero-order valence-electron chi connectivity index (χ0n) is 9.27. The number of nitrogens with one attached hydrogen (secondary N) is 1. The number of halogens is 1. The summed E-state index contributed by atoms with van der Waals surface area (Å²) in [6, 6.07) is -0.206. The van der Waals surface area contributed by atoms with Gasteiger partial charge in [0.05, 0.1) is 17.2 Å². The van der Waals surface area contributed by atoms with Gasteiger partial charge in [-0.1, -0.05) is 24.4 Å². The minimum Gasteiger partial charge on any atom is -0.391 e. The molecule has 5 nitrogen and oxygen atoms in total. The Hall–Kier alpha value is -1.20. The lowest BCUT2D eigenvalue weighted by Crippen LogP contribution is -2.45. The van der Waals surface area contributed by atoms with Crippen molar-refractivity contribution in [2.24, 2.45) is 0 Å². The first-order chi connectivity index (χ1) is 8.18. The van der Waals surface area contributed by atoms with E-state index in [1.54, 1.807) is 0 Å². The fraction of sp³-hybridized carbons (Fsp3) is 0.545. The molecule has 0 radical (unpaired) electrons. The number of amides is 1. The summed E-state index contributed by atoms with van der Waals surface area (Å²) in [6.07, 6.45) is 5.70. The van der Waals surface area contributed by atoms with Gasteiger partial charge in [0.15, 0.2) is 0 Å². The van der Waals surface area contributed by atoms with Crippen LogP contribution < -0.4 is 5.32 Å². The van der Waals surface area contributed by atoms with Crippen molar-refractivity contribution in [3.63, 3.8) is 0 Å². The number of carbonyl (C=O) groups is 1. The summed E-state index contributed by atoms with van der Waals surface area (Å²) in [7, 11) is 0. The predicted octanol–water partition coefficient (Wildman–Crippen LogP) is 1.16. The van der Waals surface area contributed by atoms with Crippen molar-refractivity contribution < 1.29 is 9.90 Å². The van der Waals surface area contributed by atoms with Crippen LogP contribution in [0.2, 0.25) is 5.02 Å². The number of hydrogen-bond acceptors (Lipinski definition) is 4. The van der Waals surface area contributed by atoms with Gasteiger partial charge < -0.3 is 10.4 Å². The molecule has 0 aliphatic heterocycles. The summed E-state index contributed by atoms with van der Waals surface area (Å²) in [4.78, 5) is 19.4. The van der Waals surface area contributed by atoms with E-state index in [-0.39, 0.29) is 22.7 Å². The standard InChI is InChI=1S/C11H14ClN3O2/c12-7-5-13-6-14-10(7)11(17)15-8-3-1-2-4-9(8)16/h5-6,8-9,16H,1-4H2,(H,15,17). The van der Waals surface area contributed by atoms with E-state index < -0.39 is 6.10 Å². The molecule has 1 aromatic rings. The van der Waals surface area contributed by atoms with Crippen molar-refractivity contribution in [2.45, 2.75) is 37.8 Å². The average molecular weight is 256 g/mol. The molecule has 6 heteroatoms. The zero-order chi connectivity index (χ0) is 12.3. The maximum atomic E-state index is 11.9. The Bertz CT molecular complexity index is 413. The van der Waals surface area contributed by atoms with Crippen LogP contribution in [0.25, 0.3) is 0 Å². The van der Waals surface area contributed by atoms with Crippen LogP contribution in [0.3, 0.4) is 0 Å². The second-order valence-corrected chi connectivity index (χ2v) is 4.56. The highest BCUT2D eigenvalue weighted by atomic mass is 35.5. The van der Waals surface area contributed by atoms with Gasteiger partial charge in [-0.2, -0.15) is 0 Å². The maximum absolute atomic E-state index is 11.9. The van der Waals surface area contributed by atoms with Crippen LogP contribution in [0.5, 0.6) is 0 Å². The number of aliphatic hydroxyl groups is 1. The molecule has 1 heterocycles. The fourth-order valence-electron chi connectivity index (χ4n) is 2.00. The molecule has 0 bridgehead atoms. The number of aliphatic hydroxyl groups excluding tert-OH is 1. The Morgan fingerprint density at radius 3 is 2.94 bits per heavy atom. The van der Waals surface area contributed by atoms with E-state index in [4.69, 9.17) is 11.6 Å². The molecule has 0 aromatic carbocycles. The Kier molecular flexibility index (Phi) is 3.91. The van der Waals surface area contributed by atoms with Gasteiger partial charge in [0, 0.05) is 6.20 Å². The van der Waals surface area contributed by atoms with E-state index in [1.165, 1.54) is 12.5 Å².